The summed E-state index contributed by atoms with van der Waals surface area (Å²) in [5, 5.41) is 6.44. The van der Waals surface area contributed by atoms with Crippen molar-refractivity contribution in [3.05, 3.63) is 24.0 Å². The van der Waals surface area contributed by atoms with Crippen LogP contribution in [0.15, 0.2) is 18.3 Å². The van der Waals surface area contributed by atoms with E-state index in [1.165, 1.54) is 5.69 Å². The molecule has 0 aliphatic rings. The summed E-state index contributed by atoms with van der Waals surface area (Å²) in [7, 11) is 0. The molecule has 1 aromatic rings. The Morgan fingerprint density at radius 3 is 2.70 bits per heavy atom. The van der Waals surface area contributed by atoms with Crippen LogP contribution in [0.2, 0.25) is 0 Å². The minimum Gasteiger partial charge on any atom is -0.444 e. The van der Waals surface area contributed by atoms with Gasteiger partial charge in [-0.3, -0.25) is 0 Å². The van der Waals surface area contributed by atoms with E-state index < -0.39 is 5.60 Å². The Bertz CT molecular complexity index is 463. The summed E-state index contributed by atoms with van der Waals surface area (Å²) in [5.74, 6) is 0. The maximum Gasteiger partial charge on any atom is 0.407 e. The fraction of sp³-hybridized carbons (Fsp3) is 0.722. The number of unbranched alkanes of at least 4 members (excludes halogenated alkanes) is 1. The Morgan fingerprint density at radius 2 is 2.09 bits per heavy atom. The highest BCUT2D eigenvalue weighted by atomic mass is 16.6. The number of nitrogens with one attached hydrogen (secondary N) is 2. The quantitative estimate of drug-likeness (QED) is 0.729. The summed E-state index contributed by atoms with van der Waals surface area (Å²) in [6.45, 7) is 12.3. The number of carbonyl (C=O) groups is 1. The van der Waals surface area contributed by atoms with E-state index in [0.29, 0.717) is 6.54 Å². The third kappa shape index (κ3) is 8.07. The summed E-state index contributed by atoms with van der Waals surface area (Å²) >= 11 is 0. The minimum absolute atomic E-state index is 0.252. The van der Waals surface area contributed by atoms with Crippen LogP contribution in [0.25, 0.3) is 0 Å². The minimum atomic E-state index is -0.460. The lowest BCUT2D eigenvalue weighted by molar-refractivity contribution is 0.0521. The average Bonchev–Trinajstić information content (AvgIpc) is 2.92. The van der Waals surface area contributed by atoms with Gasteiger partial charge in [0.05, 0.1) is 0 Å². The Hall–Kier alpha value is -1.49. The Kier molecular flexibility index (Phi) is 8.17. The Balaban J connectivity index is 2.47. The van der Waals surface area contributed by atoms with Gasteiger partial charge < -0.3 is 19.9 Å². The molecule has 0 spiro atoms. The number of hydrogen-bond acceptors (Lipinski definition) is 3. The van der Waals surface area contributed by atoms with Crippen molar-refractivity contribution in [2.45, 2.75) is 78.6 Å². The highest BCUT2D eigenvalue weighted by molar-refractivity contribution is 5.67. The molecule has 0 fully saturated rings. The molecule has 1 amide bonds. The van der Waals surface area contributed by atoms with Crippen LogP contribution in [-0.2, 0) is 17.8 Å². The van der Waals surface area contributed by atoms with Crippen LogP contribution >= 0.6 is 0 Å². The zero-order valence-corrected chi connectivity index (χ0v) is 15.3. The number of alkyl carbamates (subject to hydrolysis) is 1. The van der Waals surface area contributed by atoms with Crippen molar-refractivity contribution < 1.29 is 9.53 Å². The van der Waals surface area contributed by atoms with Gasteiger partial charge in [-0.2, -0.15) is 0 Å². The lowest BCUT2D eigenvalue weighted by Gasteiger charge is -2.23. The molecule has 0 saturated carbocycles. The monoisotopic (exact) mass is 323 g/mol. The third-order valence-electron chi connectivity index (χ3n) is 3.63. The van der Waals surface area contributed by atoms with E-state index >= 15 is 0 Å². The van der Waals surface area contributed by atoms with Crippen LogP contribution < -0.4 is 10.6 Å². The lowest BCUT2D eigenvalue weighted by atomic mass is 10.1. The number of hydrogen-bond donors (Lipinski definition) is 2. The smallest absolute Gasteiger partial charge is 0.407 e. The fourth-order valence-electron chi connectivity index (χ4n) is 2.41. The zero-order valence-electron chi connectivity index (χ0n) is 15.3. The van der Waals surface area contributed by atoms with Gasteiger partial charge >= 0.3 is 6.09 Å². The molecule has 1 rings (SSSR count). The van der Waals surface area contributed by atoms with Crippen LogP contribution in [-0.4, -0.2) is 28.8 Å². The predicted molar refractivity (Wildman–Crippen MR) is 94.5 cm³/mol. The van der Waals surface area contributed by atoms with Crippen molar-refractivity contribution in [3.8, 4) is 0 Å². The Morgan fingerprint density at radius 1 is 1.35 bits per heavy atom. The summed E-state index contributed by atoms with van der Waals surface area (Å²) in [6.07, 6.45) is 5.08. The van der Waals surface area contributed by atoms with Crippen molar-refractivity contribution in [1.29, 1.82) is 0 Å². The molecule has 132 valence electrons. The topological polar surface area (TPSA) is 55.3 Å². The molecule has 1 unspecified atom stereocenters. The second-order valence-electron chi connectivity index (χ2n) is 6.89. The van der Waals surface area contributed by atoms with Gasteiger partial charge in [0, 0.05) is 37.6 Å². The molecule has 5 nitrogen and oxygen atoms in total. The van der Waals surface area contributed by atoms with Crippen LogP contribution in [0, 0.1) is 0 Å². The van der Waals surface area contributed by atoms with Gasteiger partial charge in [-0.05, 0) is 46.2 Å². The van der Waals surface area contributed by atoms with Crippen molar-refractivity contribution >= 4 is 6.09 Å². The zero-order chi connectivity index (χ0) is 17.3. The number of rotatable bonds is 9. The highest BCUT2D eigenvalue weighted by Crippen LogP contribution is 2.08. The summed E-state index contributed by atoms with van der Waals surface area (Å²) < 4.78 is 7.52. The SMILES string of the molecule is CCCCC(CNC(=O)OC(C)(C)C)NCc1cccn1CC. The second-order valence-corrected chi connectivity index (χ2v) is 6.89. The molecule has 0 aliphatic heterocycles. The van der Waals surface area contributed by atoms with E-state index in [9.17, 15) is 4.79 Å². The van der Waals surface area contributed by atoms with Crippen LogP contribution in [0.5, 0.6) is 0 Å². The molecular formula is C18H33N3O2. The number of nitrogens with zero attached hydrogens (tertiary/aromatic N) is 1. The largest absolute Gasteiger partial charge is 0.444 e. The molecule has 0 bridgehead atoms. The molecule has 0 radical (unpaired) electrons. The fourth-order valence-corrected chi connectivity index (χ4v) is 2.41. The number of amides is 1. The number of ether oxygens (including phenoxy) is 1. The molecule has 0 aromatic carbocycles. The first kappa shape index (κ1) is 19.6. The predicted octanol–water partition coefficient (Wildman–Crippen LogP) is 3.68. The second kappa shape index (κ2) is 9.60. The van der Waals surface area contributed by atoms with Gasteiger partial charge in [0.1, 0.15) is 5.60 Å². The van der Waals surface area contributed by atoms with E-state index in [4.69, 9.17) is 4.74 Å². The van der Waals surface area contributed by atoms with Gasteiger partial charge in [0.2, 0.25) is 0 Å². The van der Waals surface area contributed by atoms with E-state index in [2.05, 4.69) is 47.4 Å². The molecule has 0 aliphatic carbocycles. The van der Waals surface area contributed by atoms with Gasteiger partial charge in [0.15, 0.2) is 0 Å². The first-order valence-corrected chi connectivity index (χ1v) is 8.70. The van der Waals surface area contributed by atoms with E-state index in [0.717, 1.165) is 32.4 Å². The summed E-state index contributed by atoms with van der Waals surface area (Å²) in [4.78, 5) is 11.8. The highest BCUT2D eigenvalue weighted by Gasteiger charge is 2.17. The maximum absolute atomic E-state index is 11.8. The van der Waals surface area contributed by atoms with Crippen LogP contribution in [0.3, 0.4) is 0 Å². The van der Waals surface area contributed by atoms with Crippen molar-refractivity contribution in [2.75, 3.05) is 6.54 Å². The molecule has 1 atom stereocenters. The molecule has 0 saturated heterocycles. The van der Waals surface area contributed by atoms with E-state index in [1.54, 1.807) is 0 Å². The number of carbonyl (C=O) groups excluding carboxylic acids is 1. The van der Waals surface area contributed by atoms with Crippen LogP contribution in [0.4, 0.5) is 4.79 Å². The summed E-state index contributed by atoms with van der Waals surface area (Å²) in [5.41, 5.74) is 0.810. The Labute approximate surface area is 140 Å². The van der Waals surface area contributed by atoms with E-state index in [1.807, 2.05) is 20.8 Å². The summed E-state index contributed by atoms with van der Waals surface area (Å²) in [6, 6.07) is 4.46. The van der Waals surface area contributed by atoms with Crippen molar-refractivity contribution in [1.82, 2.24) is 15.2 Å². The first-order valence-electron chi connectivity index (χ1n) is 8.70. The third-order valence-corrected chi connectivity index (χ3v) is 3.63. The van der Waals surface area contributed by atoms with Gasteiger partial charge in [0.25, 0.3) is 0 Å². The normalized spacial score (nSPS) is 12.9. The molecular weight excluding hydrogens is 290 g/mol. The van der Waals surface area contributed by atoms with Crippen LogP contribution in [0.1, 0.15) is 59.6 Å². The standard InChI is InChI=1S/C18H33N3O2/c1-6-8-10-15(13-20-17(22)23-18(3,4)5)19-14-16-11-9-12-21(16)7-2/h9,11-12,15,19H,6-8,10,13-14H2,1-5H3,(H,20,22). The maximum atomic E-state index is 11.8. The molecule has 5 heteroatoms. The molecule has 1 aromatic heterocycles. The number of aromatic nitrogens is 1. The molecule has 1 heterocycles. The average molecular weight is 323 g/mol. The van der Waals surface area contributed by atoms with Gasteiger partial charge in [-0.25, -0.2) is 4.79 Å². The van der Waals surface area contributed by atoms with Crippen molar-refractivity contribution in [3.63, 3.8) is 0 Å². The molecule has 23 heavy (non-hydrogen) atoms. The van der Waals surface area contributed by atoms with Gasteiger partial charge in [-0.1, -0.05) is 19.8 Å². The van der Waals surface area contributed by atoms with Gasteiger partial charge in [-0.15, -0.1) is 0 Å². The first-order chi connectivity index (χ1) is 10.9. The van der Waals surface area contributed by atoms with E-state index in [-0.39, 0.29) is 12.1 Å². The van der Waals surface area contributed by atoms with Crippen molar-refractivity contribution in [2.24, 2.45) is 0 Å². The molecule has 2 N–H and O–H groups in total. The lowest BCUT2D eigenvalue weighted by Crippen LogP contribution is -2.42. The number of aryl methyl sites for hydroxylation is 1.